The fourth-order valence-electron chi connectivity index (χ4n) is 2.22. The van der Waals surface area contributed by atoms with Crippen molar-refractivity contribution in [3.8, 4) is 17.1 Å². The molecule has 0 radical (unpaired) electrons. The predicted molar refractivity (Wildman–Crippen MR) is 88.5 cm³/mol. The lowest BCUT2D eigenvalue weighted by Gasteiger charge is -2.13. The molecule has 0 aliphatic heterocycles. The highest BCUT2D eigenvalue weighted by Gasteiger charge is 2.12. The third kappa shape index (κ3) is 3.94. The van der Waals surface area contributed by atoms with Crippen molar-refractivity contribution in [1.82, 2.24) is 25.2 Å². The molecule has 3 rings (SSSR count). The van der Waals surface area contributed by atoms with Crippen LogP contribution in [0.2, 0.25) is 0 Å². The van der Waals surface area contributed by atoms with E-state index in [1.165, 1.54) is 4.80 Å². The zero-order chi connectivity index (χ0) is 16.9. The lowest BCUT2D eigenvalue weighted by atomic mass is 10.1. The molecule has 24 heavy (non-hydrogen) atoms. The summed E-state index contributed by atoms with van der Waals surface area (Å²) < 4.78 is 5.69. The van der Waals surface area contributed by atoms with E-state index in [1.54, 1.807) is 12.4 Å². The molecule has 7 nitrogen and oxygen atoms in total. The number of aromatic nitrogens is 5. The van der Waals surface area contributed by atoms with Crippen LogP contribution in [0.1, 0.15) is 11.1 Å². The Morgan fingerprint density at radius 2 is 2.12 bits per heavy atom. The van der Waals surface area contributed by atoms with Crippen molar-refractivity contribution >= 4 is 0 Å². The maximum absolute atomic E-state index is 10.1. The minimum absolute atomic E-state index is 0.161. The van der Waals surface area contributed by atoms with Gasteiger partial charge in [0.25, 0.3) is 0 Å². The summed E-state index contributed by atoms with van der Waals surface area (Å²) in [6.45, 7) is 4.34. The third-order valence-corrected chi connectivity index (χ3v) is 3.52. The number of nitrogens with zero attached hydrogens (tertiary/aromatic N) is 5. The molecule has 0 amide bonds. The number of hydrogen-bond donors (Lipinski definition) is 1. The molecular weight excluding hydrogens is 306 g/mol. The maximum atomic E-state index is 10.1. The van der Waals surface area contributed by atoms with Crippen LogP contribution in [-0.4, -0.2) is 43.0 Å². The molecule has 1 aromatic carbocycles. The van der Waals surface area contributed by atoms with Gasteiger partial charge in [-0.1, -0.05) is 12.1 Å². The van der Waals surface area contributed by atoms with Crippen molar-refractivity contribution < 1.29 is 9.84 Å². The monoisotopic (exact) mass is 325 g/mol. The molecule has 0 fully saturated rings. The fraction of sp³-hybridized carbons (Fsp3) is 0.294. The third-order valence-electron chi connectivity index (χ3n) is 3.52. The van der Waals surface area contributed by atoms with Crippen molar-refractivity contribution in [2.24, 2.45) is 0 Å². The van der Waals surface area contributed by atoms with Crippen LogP contribution in [0.25, 0.3) is 11.4 Å². The first-order valence-corrected chi connectivity index (χ1v) is 7.68. The molecular formula is C17H19N5O2. The van der Waals surface area contributed by atoms with E-state index in [-0.39, 0.29) is 13.2 Å². The van der Waals surface area contributed by atoms with Gasteiger partial charge in [0, 0.05) is 18.0 Å². The van der Waals surface area contributed by atoms with E-state index in [2.05, 4.69) is 20.4 Å². The molecule has 124 valence electrons. The van der Waals surface area contributed by atoms with Crippen molar-refractivity contribution in [2.45, 2.75) is 26.5 Å². The van der Waals surface area contributed by atoms with E-state index in [1.807, 2.05) is 44.2 Å². The number of aryl methyl sites for hydroxylation is 2. The number of benzene rings is 1. The number of ether oxygens (including phenoxy) is 1. The lowest BCUT2D eigenvalue weighted by Crippen LogP contribution is -2.25. The van der Waals surface area contributed by atoms with Gasteiger partial charge in [-0.3, -0.25) is 4.98 Å². The molecule has 0 spiro atoms. The molecule has 0 saturated carbocycles. The summed E-state index contributed by atoms with van der Waals surface area (Å²) >= 11 is 0. The number of aliphatic hydroxyl groups is 1. The molecule has 3 aromatic rings. The van der Waals surface area contributed by atoms with Crippen molar-refractivity contribution in [2.75, 3.05) is 6.61 Å². The van der Waals surface area contributed by atoms with Gasteiger partial charge < -0.3 is 9.84 Å². The van der Waals surface area contributed by atoms with E-state index < -0.39 is 6.10 Å². The van der Waals surface area contributed by atoms with Crippen molar-refractivity contribution in [1.29, 1.82) is 0 Å². The Morgan fingerprint density at radius 3 is 2.92 bits per heavy atom. The summed E-state index contributed by atoms with van der Waals surface area (Å²) in [4.78, 5) is 5.38. The van der Waals surface area contributed by atoms with Crippen LogP contribution < -0.4 is 4.74 Å². The minimum Gasteiger partial charge on any atom is -0.491 e. The number of tetrazole rings is 1. The summed E-state index contributed by atoms with van der Waals surface area (Å²) in [7, 11) is 0. The first kappa shape index (κ1) is 16.1. The molecule has 0 saturated heterocycles. The van der Waals surface area contributed by atoms with Gasteiger partial charge >= 0.3 is 0 Å². The highest BCUT2D eigenvalue weighted by Crippen LogP contribution is 2.19. The normalized spacial score (nSPS) is 12.1. The molecule has 2 aromatic heterocycles. The zero-order valence-electron chi connectivity index (χ0n) is 13.6. The quantitative estimate of drug-likeness (QED) is 0.743. The number of rotatable bonds is 6. The molecule has 2 heterocycles. The van der Waals surface area contributed by atoms with E-state index in [0.29, 0.717) is 5.82 Å². The Bertz CT molecular complexity index is 804. The Labute approximate surface area is 139 Å². The van der Waals surface area contributed by atoms with Gasteiger partial charge in [-0.05, 0) is 48.4 Å². The van der Waals surface area contributed by atoms with Crippen LogP contribution in [0.4, 0.5) is 0 Å². The first-order valence-electron chi connectivity index (χ1n) is 7.68. The average Bonchev–Trinajstić information content (AvgIpc) is 3.05. The van der Waals surface area contributed by atoms with E-state index >= 15 is 0 Å². The summed E-state index contributed by atoms with van der Waals surface area (Å²) in [6.07, 6.45) is 2.62. The van der Waals surface area contributed by atoms with Gasteiger partial charge in [0.05, 0.1) is 6.54 Å². The minimum atomic E-state index is -0.735. The van der Waals surface area contributed by atoms with Gasteiger partial charge in [0.2, 0.25) is 5.82 Å². The topological polar surface area (TPSA) is 86.0 Å². The zero-order valence-corrected chi connectivity index (χ0v) is 13.6. The van der Waals surface area contributed by atoms with Crippen LogP contribution in [0.15, 0.2) is 42.7 Å². The second kappa shape index (κ2) is 7.18. The molecule has 7 heteroatoms. The Morgan fingerprint density at radius 1 is 1.25 bits per heavy atom. The van der Waals surface area contributed by atoms with Crippen LogP contribution in [0, 0.1) is 13.8 Å². The number of pyridine rings is 1. The average molecular weight is 325 g/mol. The van der Waals surface area contributed by atoms with Gasteiger partial charge in [0.1, 0.15) is 18.5 Å². The smallest absolute Gasteiger partial charge is 0.206 e. The molecule has 0 bridgehead atoms. The van der Waals surface area contributed by atoms with Gasteiger partial charge in [-0.15, -0.1) is 10.2 Å². The van der Waals surface area contributed by atoms with Crippen molar-refractivity contribution in [3.63, 3.8) is 0 Å². The summed E-state index contributed by atoms with van der Waals surface area (Å²) in [5.74, 6) is 1.25. The summed E-state index contributed by atoms with van der Waals surface area (Å²) in [6, 6.07) is 9.64. The Kier molecular flexibility index (Phi) is 4.81. The first-order chi connectivity index (χ1) is 11.6. The summed E-state index contributed by atoms with van der Waals surface area (Å²) in [5.41, 5.74) is 2.93. The highest BCUT2D eigenvalue weighted by atomic mass is 16.5. The Hall–Kier alpha value is -2.80. The summed E-state index contributed by atoms with van der Waals surface area (Å²) in [5, 5.41) is 22.3. The van der Waals surface area contributed by atoms with Crippen molar-refractivity contribution in [3.05, 3.63) is 53.9 Å². The fourth-order valence-corrected chi connectivity index (χ4v) is 2.22. The number of aliphatic hydroxyl groups excluding tert-OH is 1. The highest BCUT2D eigenvalue weighted by molar-refractivity contribution is 5.51. The van der Waals surface area contributed by atoms with Crippen LogP contribution >= 0.6 is 0 Å². The number of hydrogen-bond acceptors (Lipinski definition) is 6. The second-order valence-electron chi connectivity index (χ2n) is 5.64. The standard InChI is InChI=1S/C17H19N5O2/c1-12-5-6-13(2)16(8-12)24-11-15(23)10-22-20-17(19-21-22)14-4-3-7-18-9-14/h3-9,15,23H,10-11H2,1-2H3/t15-/m1/s1. The largest absolute Gasteiger partial charge is 0.491 e. The molecule has 0 aliphatic carbocycles. The van der Waals surface area contributed by atoms with Gasteiger partial charge in [-0.25, -0.2) is 0 Å². The second-order valence-corrected chi connectivity index (χ2v) is 5.64. The van der Waals surface area contributed by atoms with Crippen LogP contribution in [-0.2, 0) is 6.54 Å². The molecule has 0 unspecified atom stereocenters. The molecule has 1 atom stereocenters. The lowest BCUT2D eigenvalue weighted by molar-refractivity contribution is 0.0846. The van der Waals surface area contributed by atoms with E-state index in [4.69, 9.17) is 4.74 Å². The SMILES string of the molecule is Cc1ccc(C)c(OC[C@H](O)Cn2nnc(-c3cccnc3)n2)c1. The Balaban J connectivity index is 1.58. The predicted octanol–water partition coefficient (Wildman–Crippen LogP) is 1.79. The van der Waals surface area contributed by atoms with Gasteiger partial charge in [0.15, 0.2) is 0 Å². The van der Waals surface area contributed by atoms with Crippen LogP contribution in [0.5, 0.6) is 5.75 Å². The molecule has 0 aliphatic rings. The van der Waals surface area contributed by atoms with E-state index in [9.17, 15) is 5.11 Å². The van der Waals surface area contributed by atoms with Crippen LogP contribution in [0.3, 0.4) is 0 Å². The maximum Gasteiger partial charge on any atom is 0.206 e. The van der Waals surface area contributed by atoms with E-state index in [0.717, 1.165) is 22.4 Å². The molecule has 1 N–H and O–H groups in total. The van der Waals surface area contributed by atoms with Gasteiger partial charge in [-0.2, -0.15) is 4.80 Å².